The Bertz CT molecular complexity index is 986. The minimum atomic E-state index is -1.73. The Hall–Kier alpha value is -3.81. The Labute approximate surface area is 173 Å². The number of carboxylic acid groups (broad SMARTS) is 1. The Morgan fingerprint density at radius 2 is 1.93 bits per heavy atom. The molecule has 0 unspecified atom stereocenters. The van der Waals surface area contributed by atoms with Gasteiger partial charge in [0.25, 0.3) is 5.91 Å². The van der Waals surface area contributed by atoms with Crippen LogP contribution < -0.4 is 19.9 Å². The van der Waals surface area contributed by atoms with Crippen molar-refractivity contribution in [2.75, 3.05) is 19.5 Å². The van der Waals surface area contributed by atoms with Crippen molar-refractivity contribution in [3.8, 4) is 11.5 Å². The standard InChI is InChI=1S/C22H22N2O6/c1-28-17-10-11-19(29-2)18(12-17)23-21(27)22(14-20(25)26)13-16(24-30-22)9-8-15-6-4-3-5-7-15/h3-12H,13-14H2,1-2H3,(H,23,27)(H,25,26)/p-1/b9-8+/t22-/m0/s1. The van der Waals surface area contributed by atoms with E-state index in [1.165, 1.54) is 14.2 Å². The Morgan fingerprint density at radius 1 is 1.17 bits per heavy atom. The lowest BCUT2D eigenvalue weighted by Crippen LogP contribution is -2.47. The molecule has 2 aromatic rings. The largest absolute Gasteiger partial charge is 0.550 e. The quantitative estimate of drug-likeness (QED) is 0.714. The average Bonchev–Trinajstić information content (AvgIpc) is 3.16. The highest BCUT2D eigenvalue weighted by Crippen LogP contribution is 2.33. The molecule has 1 amide bonds. The number of anilines is 1. The molecule has 0 aliphatic carbocycles. The summed E-state index contributed by atoms with van der Waals surface area (Å²) in [6.45, 7) is 0. The third kappa shape index (κ3) is 4.78. The zero-order valence-corrected chi connectivity index (χ0v) is 16.6. The van der Waals surface area contributed by atoms with Crippen LogP contribution in [0.1, 0.15) is 18.4 Å². The molecule has 1 atom stereocenters. The monoisotopic (exact) mass is 409 g/mol. The summed E-state index contributed by atoms with van der Waals surface area (Å²) in [7, 11) is 2.94. The lowest BCUT2D eigenvalue weighted by atomic mass is 9.92. The van der Waals surface area contributed by atoms with Gasteiger partial charge in [0.05, 0.1) is 25.6 Å². The summed E-state index contributed by atoms with van der Waals surface area (Å²) < 4.78 is 10.4. The number of hydrogen-bond acceptors (Lipinski definition) is 7. The number of hydrogen-bond donors (Lipinski definition) is 1. The van der Waals surface area contributed by atoms with E-state index in [0.29, 0.717) is 22.9 Å². The van der Waals surface area contributed by atoms with Gasteiger partial charge < -0.3 is 29.5 Å². The van der Waals surface area contributed by atoms with Gasteiger partial charge >= 0.3 is 0 Å². The summed E-state index contributed by atoms with van der Waals surface area (Å²) in [5.41, 5.74) is -0.0454. The summed E-state index contributed by atoms with van der Waals surface area (Å²) in [6, 6.07) is 14.4. The van der Waals surface area contributed by atoms with Crippen LogP contribution in [-0.2, 0) is 14.4 Å². The molecule has 8 nitrogen and oxygen atoms in total. The topological polar surface area (TPSA) is 109 Å². The lowest BCUT2D eigenvalue weighted by Gasteiger charge is -2.26. The predicted molar refractivity (Wildman–Crippen MR) is 109 cm³/mol. The fourth-order valence-corrected chi connectivity index (χ4v) is 3.03. The van der Waals surface area contributed by atoms with Crippen molar-refractivity contribution in [3.05, 3.63) is 60.2 Å². The number of nitrogens with one attached hydrogen (secondary N) is 1. The van der Waals surface area contributed by atoms with Crippen molar-refractivity contribution in [1.82, 2.24) is 0 Å². The van der Waals surface area contributed by atoms with Crippen molar-refractivity contribution in [2.45, 2.75) is 18.4 Å². The molecule has 30 heavy (non-hydrogen) atoms. The molecule has 8 heteroatoms. The van der Waals surface area contributed by atoms with Crippen molar-refractivity contribution in [2.24, 2.45) is 5.16 Å². The number of ether oxygens (including phenoxy) is 2. The van der Waals surface area contributed by atoms with Crippen LogP contribution >= 0.6 is 0 Å². The molecule has 1 N–H and O–H groups in total. The number of amides is 1. The van der Waals surface area contributed by atoms with Crippen molar-refractivity contribution in [1.29, 1.82) is 0 Å². The highest BCUT2D eigenvalue weighted by molar-refractivity contribution is 6.08. The van der Waals surface area contributed by atoms with Crippen molar-refractivity contribution in [3.63, 3.8) is 0 Å². The third-order valence-corrected chi connectivity index (χ3v) is 4.57. The van der Waals surface area contributed by atoms with Crippen LogP contribution in [0.2, 0.25) is 0 Å². The van der Waals surface area contributed by atoms with E-state index in [-0.39, 0.29) is 6.42 Å². The van der Waals surface area contributed by atoms with Crippen molar-refractivity contribution < 1.29 is 29.0 Å². The van der Waals surface area contributed by atoms with E-state index in [1.54, 1.807) is 30.4 Å². The normalized spacial score (nSPS) is 17.9. The first kappa shape index (κ1) is 20.9. The average molecular weight is 409 g/mol. The van der Waals surface area contributed by atoms with Gasteiger partial charge in [0.1, 0.15) is 11.5 Å². The summed E-state index contributed by atoms with van der Waals surface area (Å²) in [4.78, 5) is 29.7. The second-order valence-electron chi connectivity index (χ2n) is 6.66. The van der Waals surface area contributed by atoms with E-state index in [0.717, 1.165) is 5.56 Å². The SMILES string of the molecule is COc1ccc(OC)c(NC(=O)[C@@]2(CC(=O)[O-])CC(/C=C/c3ccccc3)=NO2)c1. The maximum atomic E-state index is 13.0. The fourth-order valence-electron chi connectivity index (χ4n) is 3.03. The maximum absolute atomic E-state index is 13.0. The molecular weight excluding hydrogens is 388 g/mol. The molecule has 1 aliphatic heterocycles. The molecule has 156 valence electrons. The molecule has 0 bridgehead atoms. The van der Waals surface area contributed by atoms with Gasteiger partial charge in [-0.05, 0) is 23.8 Å². The van der Waals surface area contributed by atoms with Gasteiger partial charge in [-0.2, -0.15) is 0 Å². The van der Waals surface area contributed by atoms with Crippen LogP contribution in [0.3, 0.4) is 0 Å². The summed E-state index contributed by atoms with van der Waals surface area (Å²) in [6.07, 6.45) is 2.81. The van der Waals surface area contributed by atoms with E-state index in [4.69, 9.17) is 14.3 Å². The molecule has 0 saturated heterocycles. The zero-order valence-electron chi connectivity index (χ0n) is 16.6. The Balaban J connectivity index is 1.80. The number of oxime groups is 1. The summed E-state index contributed by atoms with van der Waals surface area (Å²) >= 11 is 0. The molecule has 0 fully saturated rings. The first-order chi connectivity index (χ1) is 14.5. The molecular formula is C22H21N2O6-. The molecule has 0 radical (unpaired) electrons. The number of methoxy groups -OCH3 is 2. The van der Waals surface area contributed by atoms with E-state index in [2.05, 4.69) is 10.5 Å². The number of nitrogens with zero attached hydrogens (tertiary/aromatic N) is 1. The maximum Gasteiger partial charge on any atom is 0.272 e. The number of carbonyl (C=O) groups is 2. The van der Waals surface area contributed by atoms with Gasteiger partial charge in [-0.3, -0.25) is 4.79 Å². The first-order valence-electron chi connectivity index (χ1n) is 9.17. The Kier molecular flexibility index (Phi) is 6.36. The number of allylic oxidation sites excluding steroid dienone is 1. The summed E-state index contributed by atoms with van der Waals surface area (Å²) in [5.74, 6) is -1.22. The second kappa shape index (κ2) is 9.13. The van der Waals surface area contributed by atoms with Crippen LogP contribution in [0.5, 0.6) is 11.5 Å². The van der Waals surface area contributed by atoms with Gasteiger partial charge in [-0.1, -0.05) is 41.6 Å². The predicted octanol–water partition coefficient (Wildman–Crippen LogP) is 2.01. The van der Waals surface area contributed by atoms with Gasteiger partial charge in [0.2, 0.25) is 5.60 Å². The van der Waals surface area contributed by atoms with Crippen LogP contribution in [0.25, 0.3) is 6.08 Å². The number of carboxylic acids is 1. The van der Waals surface area contributed by atoms with Crippen LogP contribution in [-0.4, -0.2) is 37.4 Å². The lowest BCUT2D eigenvalue weighted by molar-refractivity contribution is -0.309. The van der Waals surface area contributed by atoms with Gasteiger partial charge in [0.15, 0.2) is 0 Å². The minimum absolute atomic E-state index is 0.0254. The summed E-state index contributed by atoms with van der Waals surface area (Å²) in [5, 5.41) is 17.9. The van der Waals surface area contributed by atoms with Gasteiger partial charge in [0, 0.05) is 24.9 Å². The molecule has 2 aromatic carbocycles. The zero-order chi connectivity index (χ0) is 21.6. The highest BCUT2D eigenvalue weighted by Gasteiger charge is 2.46. The highest BCUT2D eigenvalue weighted by atomic mass is 16.7. The van der Waals surface area contributed by atoms with E-state index in [1.807, 2.05) is 30.3 Å². The number of aliphatic carboxylic acids is 1. The second-order valence-corrected chi connectivity index (χ2v) is 6.66. The number of carbonyl (C=O) groups excluding carboxylic acids is 2. The van der Waals surface area contributed by atoms with Crippen LogP contribution in [0.15, 0.2) is 59.8 Å². The van der Waals surface area contributed by atoms with Gasteiger partial charge in [-0.15, -0.1) is 0 Å². The van der Waals surface area contributed by atoms with E-state index >= 15 is 0 Å². The van der Waals surface area contributed by atoms with Crippen LogP contribution in [0.4, 0.5) is 5.69 Å². The van der Waals surface area contributed by atoms with Crippen LogP contribution in [0, 0.1) is 0 Å². The number of benzene rings is 2. The first-order valence-corrected chi connectivity index (χ1v) is 9.17. The smallest absolute Gasteiger partial charge is 0.272 e. The molecule has 3 rings (SSSR count). The third-order valence-electron chi connectivity index (χ3n) is 4.57. The van der Waals surface area contributed by atoms with Gasteiger partial charge in [-0.25, -0.2) is 0 Å². The van der Waals surface area contributed by atoms with Crippen molar-refractivity contribution >= 4 is 29.4 Å². The molecule has 0 aromatic heterocycles. The van der Waals surface area contributed by atoms with E-state index in [9.17, 15) is 14.7 Å². The fraction of sp³-hybridized carbons (Fsp3) is 0.227. The minimum Gasteiger partial charge on any atom is -0.550 e. The Morgan fingerprint density at radius 3 is 2.60 bits per heavy atom. The molecule has 0 spiro atoms. The molecule has 1 heterocycles. The van der Waals surface area contributed by atoms with E-state index < -0.39 is 23.9 Å². The molecule has 1 aliphatic rings. The number of rotatable bonds is 8. The molecule has 0 saturated carbocycles.